The van der Waals surface area contributed by atoms with Gasteiger partial charge in [-0.05, 0) is 67.6 Å². The van der Waals surface area contributed by atoms with Crippen molar-refractivity contribution in [2.75, 3.05) is 0 Å². The Labute approximate surface area is 187 Å². The van der Waals surface area contributed by atoms with Gasteiger partial charge in [-0.25, -0.2) is 0 Å². The van der Waals surface area contributed by atoms with Crippen molar-refractivity contribution in [3.05, 3.63) is 115 Å². The molecule has 158 valence electrons. The van der Waals surface area contributed by atoms with Crippen LogP contribution in [0, 0.1) is 6.92 Å². The van der Waals surface area contributed by atoms with Gasteiger partial charge in [-0.3, -0.25) is 0 Å². The average molecular weight is 452 g/mol. The lowest BCUT2D eigenvalue weighted by molar-refractivity contribution is 0.468. The number of benzene rings is 4. The fourth-order valence-electron chi connectivity index (χ4n) is 2.54. The number of phenols is 1. The Balaban J connectivity index is 0.000000185. The minimum absolute atomic E-state index is 0.0510. The van der Waals surface area contributed by atoms with Gasteiger partial charge in [-0.15, -0.1) is 0 Å². The predicted molar refractivity (Wildman–Crippen MR) is 125 cm³/mol. The molecule has 4 rings (SSSR count). The lowest BCUT2D eigenvalue weighted by atomic mass is 10.2. The number of thiol groups is 1. The maximum atomic E-state index is 11.9. The molecule has 0 radical (unpaired) electrons. The Morgan fingerprint density at radius 1 is 0.677 bits per heavy atom. The summed E-state index contributed by atoms with van der Waals surface area (Å²) < 4.78 is 28.8. The van der Waals surface area contributed by atoms with Crippen molar-refractivity contribution in [2.24, 2.45) is 0 Å². The quantitative estimate of drug-likeness (QED) is 0.251. The second kappa shape index (κ2) is 10.7. The Morgan fingerprint density at radius 3 is 1.65 bits per heavy atom. The first kappa shape index (κ1) is 22.5. The highest BCUT2D eigenvalue weighted by Crippen LogP contribution is 2.21. The topological polar surface area (TPSA) is 63.6 Å². The van der Waals surface area contributed by atoms with Crippen LogP contribution < -0.4 is 4.18 Å². The van der Waals surface area contributed by atoms with E-state index in [4.69, 9.17) is 9.29 Å². The Bertz CT molecular complexity index is 1140. The van der Waals surface area contributed by atoms with E-state index in [1.807, 2.05) is 19.1 Å². The van der Waals surface area contributed by atoms with Crippen molar-refractivity contribution >= 4 is 21.9 Å². The molecule has 0 unspecified atom stereocenters. The molecule has 0 heterocycles. The van der Waals surface area contributed by atoms with Crippen molar-refractivity contribution in [3.8, 4) is 11.5 Å². The molecule has 6 heteroatoms. The Morgan fingerprint density at radius 2 is 1.16 bits per heavy atom. The summed E-state index contributed by atoms with van der Waals surface area (Å²) in [5.41, 5.74) is 0.971. The van der Waals surface area contributed by atoms with Crippen molar-refractivity contribution < 1.29 is 17.7 Å². The molecule has 0 fully saturated rings. The van der Waals surface area contributed by atoms with E-state index in [9.17, 15) is 8.42 Å². The number of hydrogen-bond acceptors (Lipinski definition) is 4. The molecule has 0 saturated heterocycles. The minimum Gasteiger partial charge on any atom is -0.508 e. The number of aryl methyl sites for hydroxylation is 1. The summed E-state index contributed by atoms with van der Waals surface area (Å²) in [5, 5.41) is 9.10. The molecule has 0 aliphatic rings. The molecule has 4 aromatic carbocycles. The zero-order valence-corrected chi connectivity index (χ0v) is 18.6. The largest absolute Gasteiger partial charge is 0.508 e. The highest BCUT2D eigenvalue weighted by molar-refractivity contribution is 7.87. The molecule has 0 atom stereocenters. The molecule has 0 saturated carbocycles. The van der Waals surface area contributed by atoms with Gasteiger partial charge in [0.1, 0.15) is 16.4 Å². The van der Waals surface area contributed by atoms with Gasteiger partial charge in [-0.1, -0.05) is 54.1 Å². The molecule has 4 nitrogen and oxygen atoms in total. The standard InChI is InChI=1S/C13H12O4S.C12H10S/c1-10-2-8-13(9-3-10)18(15,16)17-12-6-4-11(14)5-7-12;1-3-7-11(8-4-1)13-12-9-5-2-6-10-12/h2-9,14H,1H3;1-10H/p+1. The lowest BCUT2D eigenvalue weighted by Gasteiger charge is -2.07. The third-order valence-corrected chi connectivity index (χ3v) is 6.50. The van der Waals surface area contributed by atoms with Crippen LogP contribution >= 0.6 is 0 Å². The SMILES string of the molecule is Cc1ccc(S(=O)(=O)Oc2ccc(O)cc2)cc1.c1ccc([SH+]c2ccccc2)cc1. The molecule has 31 heavy (non-hydrogen) atoms. The van der Waals surface area contributed by atoms with Gasteiger partial charge >= 0.3 is 10.1 Å². The Kier molecular flexibility index (Phi) is 7.76. The Hall–Kier alpha value is -3.22. The molecule has 0 amide bonds. The summed E-state index contributed by atoms with van der Waals surface area (Å²) in [5.74, 6) is 0.212. The van der Waals surface area contributed by atoms with Crippen LogP contribution in [0.1, 0.15) is 5.56 Å². The van der Waals surface area contributed by atoms with Gasteiger partial charge < -0.3 is 9.29 Å². The van der Waals surface area contributed by atoms with E-state index in [0.717, 1.165) is 5.56 Å². The first-order chi connectivity index (χ1) is 14.9. The summed E-state index contributed by atoms with van der Waals surface area (Å²) in [4.78, 5) is 2.78. The van der Waals surface area contributed by atoms with Gasteiger partial charge in [-0.2, -0.15) is 8.42 Å². The van der Waals surface area contributed by atoms with Crippen LogP contribution in [0.5, 0.6) is 11.5 Å². The van der Waals surface area contributed by atoms with Crippen molar-refractivity contribution in [2.45, 2.75) is 21.6 Å². The molecule has 0 aliphatic carbocycles. The number of hydrogen-bond donors (Lipinski definition) is 1. The summed E-state index contributed by atoms with van der Waals surface area (Å²) in [7, 11) is -3.82. The summed E-state index contributed by atoms with van der Waals surface area (Å²) in [6, 6.07) is 32.9. The predicted octanol–water partition coefficient (Wildman–Crippen LogP) is 5.39. The lowest BCUT2D eigenvalue weighted by Crippen LogP contribution is -2.09. The monoisotopic (exact) mass is 451 g/mol. The molecule has 1 N–H and O–H groups in total. The van der Waals surface area contributed by atoms with E-state index in [1.165, 1.54) is 58.0 Å². The van der Waals surface area contributed by atoms with Crippen LogP contribution in [0.25, 0.3) is 0 Å². The molecule has 4 aromatic rings. The molecule has 0 aromatic heterocycles. The van der Waals surface area contributed by atoms with Gasteiger partial charge in [0.05, 0.1) is 0 Å². The summed E-state index contributed by atoms with van der Waals surface area (Å²) >= 11 is 1.28. The second-order valence-electron chi connectivity index (χ2n) is 6.63. The fourth-order valence-corrected chi connectivity index (χ4v) is 4.41. The van der Waals surface area contributed by atoms with E-state index >= 15 is 0 Å². The normalized spacial score (nSPS) is 10.6. The number of phenolic OH excluding ortho intramolecular Hbond substituents is 1. The van der Waals surface area contributed by atoms with Gasteiger partial charge in [0.25, 0.3) is 0 Å². The molecule has 0 bridgehead atoms. The van der Waals surface area contributed by atoms with E-state index in [0.29, 0.717) is 0 Å². The first-order valence-corrected chi connectivity index (χ1v) is 11.8. The smallest absolute Gasteiger partial charge is 0.339 e. The fraction of sp³-hybridized carbons (Fsp3) is 0.0400. The van der Waals surface area contributed by atoms with Crippen molar-refractivity contribution in [3.63, 3.8) is 0 Å². The van der Waals surface area contributed by atoms with Crippen molar-refractivity contribution in [1.82, 2.24) is 0 Å². The van der Waals surface area contributed by atoms with Crippen LogP contribution in [-0.4, -0.2) is 13.5 Å². The zero-order chi connectivity index (χ0) is 22.1. The van der Waals surface area contributed by atoms with E-state index < -0.39 is 10.1 Å². The third kappa shape index (κ3) is 7.20. The van der Waals surface area contributed by atoms with Crippen LogP contribution in [-0.2, 0) is 21.9 Å². The summed E-state index contributed by atoms with van der Waals surface area (Å²) in [6.45, 7) is 1.87. The van der Waals surface area contributed by atoms with Crippen LogP contribution in [0.3, 0.4) is 0 Å². The first-order valence-electron chi connectivity index (χ1n) is 9.54. The second-order valence-corrected chi connectivity index (χ2v) is 9.43. The molecular weight excluding hydrogens is 428 g/mol. The van der Waals surface area contributed by atoms with E-state index in [-0.39, 0.29) is 16.4 Å². The maximum absolute atomic E-state index is 11.9. The van der Waals surface area contributed by atoms with Crippen LogP contribution in [0.2, 0.25) is 0 Å². The summed E-state index contributed by atoms with van der Waals surface area (Å²) in [6.07, 6.45) is 0. The van der Waals surface area contributed by atoms with E-state index in [2.05, 4.69) is 48.5 Å². The van der Waals surface area contributed by atoms with Gasteiger partial charge in [0, 0.05) is 11.8 Å². The molecule has 0 aliphatic heterocycles. The minimum atomic E-state index is -3.82. The van der Waals surface area contributed by atoms with Gasteiger partial charge in [0.2, 0.25) is 0 Å². The number of aromatic hydroxyl groups is 1. The molecule has 0 spiro atoms. The van der Waals surface area contributed by atoms with E-state index in [1.54, 1.807) is 12.1 Å². The van der Waals surface area contributed by atoms with Crippen LogP contribution in [0.4, 0.5) is 0 Å². The van der Waals surface area contributed by atoms with Crippen LogP contribution in [0.15, 0.2) is 124 Å². The number of rotatable bonds is 5. The molecular formula is C25H23O4S2+. The maximum Gasteiger partial charge on any atom is 0.339 e. The zero-order valence-electron chi connectivity index (χ0n) is 16.9. The highest BCUT2D eigenvalue weighted by atomic mass is 32.2. The van der Waals surface area contributed by atoms with Gasteiger partial charge in [0.15, 0.2) is 9.79 Å². The third-order valence-electron chi connectivity index (χ3n) is 4.12. The van der Waals surface area contributed by atoms with Crippen molar-refractivity contribution in [1.29, 1.82) is 0 Å². The average Bonchev–Trinajstić information content (AvgIpc) is 2.77. The highest BCUT2D eigenvalue weighted by Gasteiger charge is 2.16.